The molecule has 1 amide bonds. The van der Waals surface area contributed by atoms with Gasteiger partial charge >= 0.3 is 0 Å². The summed E-state index contributed by atoms with van der Waals surface area (Å²) in [6, 6.07) is 3.56. The van der Waals surface area contributed by atoms with Crippen molar-refractivity contribution in [1.82, 2.24) is 15.1 Å². The number of aryl methyl sites for hydroxylation is 1. The molecular formula is C13H14N4O2S. The van der Waals surface area contributed by atoms with Crippen molar-refractivity contribution in [3.05, 3.63) is 39.8 Å². The Morgan fingerprint density at radius 2 is 2.45 bits per heavy atom. The van der Waals surface area contributed by atoms with E-state index >= 15 is 0 Å². The molecule has 0 fully saturated rings. The average molecular weight is 290 g/mol. The highest BCUT2D eigenvalue weighted by Gasteiger charge is 2.26. The molecule has 2 aromatic rings. The van der Waals surface area contributed by atoms with E-state index in [1.807, 2.05) is 6.07 Å². The zero-order chi connectivity index (χ0) is 14.8. The summed E-state index contributed by atoms with van der Waals surface area (Å²) in [7, 11) is 1.75. The van der Waals surface area contributed by atoms with Crippen molar-refractivity contribution < 1.29 is 9.90 Å². The molecule has 2 heterocycles. The Morgan fingerprint density at radius 1 is 1.70 bits per heavy atom. The summed E-state index contributed by atoms with van der Waals surface area (Å²) >= 11 is 1.20. The number of nitriles is 1. The van der Waals surface area contributed by atoms with Gasteiger partial charge in [0.1, 0.15) is 16.5 Å². The van der Waals surface area contributed by atoms with Crippen molar-refractivity contribution in [2.75, 3.05) is 6.54 Å². The Balaban J connectivity index is 2.05. The number of thiophene rings is 1. The Morgan fingerprint density at radius 3 is 3.05 bits per heavy atom. The molecule has 2 N–H and O–H groups in total. The molecule has 0 radical (unpaired) electrons. The highest BCUT2D eigenvalue weighted by Crippen LogP contribution is 2.20. The van der Waals surface area contributed by atoms with Gasteiger partial charge in [0.25, 0.3) is 5.91 Å². The molecule has 6 nitrogen and oxygen atoms in total. The first kappa shape index (κ1) is 14.2. The van der Waals surface area contributed by atoms with E-state index in [2.05, 4.69) is 10.4 Å². The summed E-state index contributed by atoms with van der Waals surface area (Å²) in [5.74, 6) is -0.360. The molecule has 0 saturated carbocycles. The topological polar surface area (TPSA) is 90.9 Å². The van der Waals surface area contributed by atoms with Gasteiger partial charge in [-0.2, -0.15) is 10.4 Å². The van der Waals surface area contributed by atoms with Gasteiger partial charge in [-0.15, -0.1) is 11.3 Å². The van der Waals surface area contributed by atoms with Crippen molar-refractivity contribution in [3.8, 4) is 6.07 Å². The van der Waals surface area contributed by atoms with Gasteiger partial charge in [0, 0.05) is 18.8 Å². The van der Waals surface area contributed by atoms with Crippen LogP contribution < -0.4 is 5.32 Å². The molecule has 104 valence electrons. The van der Waals surface area contributed by atoms with Gasteiger partial charge in [0.05, 0.1) is 18.3 Å². The van der Waals surface area contributed by atoms with E-state index < -0.39 is 5.60 Å². The Labute approximate surface area is 120 Å². The van der Waals surface area contributed by atoms with Crippen LogP contribution >= 0.6 is 11.3 Å². The molecule has 2 rings (SSSR count). The molecule has 0 aliphatic rings. The van der Waals surface area contributed by atoms with E-state index in [1.165, 1.54) is 11.3 Å². The van der Waals surface area contributed by atoms with Crippen LogP contribution in [0.3, 0.4) is 0 Å². The molecule has 0 saturated heterocycles. The smallest absolute Gasteiger partial charge is 0.262 e. The molecule has 20 heavy (non-hydrogen) atoms. The zero-order valence-corrected chi connectivity index (χ0v) is 11.9. The third kappa shape index (κ3) is 2.87. The summed E-state index contributed by atoms with van der Waals surface area (Å²) in [6.45, 7) is 1.64. The fourth-order valence-corrected chi connectivity index (χ4v) is 2.47. The molecule has 0 spiro atoms. The predicted molar refractivity (Wildman–Crippen MR) is 74.1 cm³/mol. The van der Waals surface area contributed by atoms with E-state index in [9.17, 15) is 9.90 Å². The normalized spacial score (nSPS) is 13.5. The first-order valence-electron chi connectivity index (χ1n) is 5.91. The average Bonchev–Trinajstić information content (AvgIpc) is 3.04. The molecule has 0 aliphatic carbocycles. The first-order chi connectivity index (χ1) is 9.44. The first-order valence-corrected chi connectivity index (χ1v) is 6.79. The quantitative estimate of drug-likeness (QED) is 0.878. The van der Waals surface area contributed by atoms with Crippen LogP contribution in [0.15, 0.2) is 23.8 Å². The summed E-state index contributed by atoms with van der Waals surface area (Å²) < 4.78 is 1.58. The number of hydrogen-bond acceptors (Lipinski definition) is 5. The summed E-state index contributed by atoms with van der Waals surface area (Å²) in [4.78, 5) is 12.3. The summed E-state index contributed by atoms with van der Waals surface area (Å²) in [5, 5.41) is 27.5. The van der Waals surface area contributed by atoms with Crippen LogP contribution in [0.4, 0.5) is 0 Å². The largest absolute Gasteiger partial charge is 0.383 e. The van der Waals surface area contributed by atoms with Gasteiger partial charge in [0.2, 0.25) is 0 Å². The predicted octanol–water partition coefficient (Wildman–Crippen LogP) is 0.991. The third-order valence-corrected chi connectivity index (χ3v) is 3.83. The molecule has 0 bridgehead atoms. The number of carbonyl (C=O) groups excluding carboxylic acids is 1. The SMILES string of the molecule is Cn1cc(C(C)(O)CNC(=O)c2sccc2C#N)cn1. The van der Waals surface area contributed by atoms with Gasteiger partial charge in [-0.05, 0) is 18.4 Å². The van der Waals surface area contributed by atoms with Crippen molar-refractivity contribution >= 4 is 17.2 Å². The highest BCUT2D eigenvalue weighted by molar-refractivity contribution is 7.12. The van der Waals surface area contributed by atoms with Crippen molar-refractivity contribution in [2.24, 2.45) is 7.05 Å². The number of carbonyl (C=O) groups is 1. The van der Waals surface area contributed by atoms with Crippen molar-refractivity contribution in [3.63, 3.8) is 0 Å². The van der Waals surface area contributed by atoms with Crippen LogP contribution in [0.25, 0.3) is 0 Å². The number of rotatable bonds is 4. The van der Waals surface area contributed by atoms with Crippen LogP contribution in [-0.2, 0) is 12.6 Å². The summed E-state index contributed by atoms with van der Waals surface area (Å²) in [6.07, 6.45) is 3.25. The molecule has 7 heteroatoms. The molecule has 1 unspecified atom stereocenters. The lowest BCUT2D eigenvalue weighted by atomic mass is 10.00. The van der Waals surface area contributed by atoms with Crippen LogP contribution in [0.2, 0.25) is 0 Å². The maximum absolute atomic E-state index is 12.0. The molecule has 0 aliphatic heterocycles. The standard InChI is InChI=1S/C13H14N4O2S/c1-13(19,10-6-16-17(2)7-10)8-15-12(18)11-9(5-14)3-4-20-11/h3-4,6-7,19H,8H2,1-2H3,(H,15,18). The minimum absolute atomic E-state index is 0.0420. The van der Waals surface area contributed by atoms with Gasteiger partial charge in [-0.25, -0.2) is 0 Å². The molecule has 1 atom stereocenters. The lowest BCUT2D eigenvalue weighted by Crippen LogP contribution is -2.38. The lowest BCUT2D eigenvalue weighted by Gasteiger charge is -2.22. The lowest BCUT2D eigenvalue weighted by molar-refractivity contribution is 0.0527. The molecular weight excluding hydrogens is 276 g/mol. The fraction of sp³-hybridized carbons (Fsp3) is 0.308. The van der Waals surface area contributed by atoms with Crippen LogP contribution in [0, 0.1) is 11.3 Å². The van der Waals surface area contributed by atoms with E-state index in [0.29, 0.717) is 16.0 Å². The monoisotopic (exact) mass is 290 g/mol. The van der Waals surface area contributed by atoms with Crippen LogP contribution in [0.5, 0.6) is 0 Å². The van der Waals surface area contributed by atoms with Gasteiger partial charge in [-0.3, -0.25) is 9.48 Å². The highest BCUT2D eigenvalue weighted by atomic mass is 32.1. The number of hydrogen-bond donors (Lipinski definition) is 2. The number of aromatic nitrogens is 2. The molecule has 0 aromatic carbocycles. The van der Waals surface area contributed by atoms with Crippen LogP contribution in [0.1, 0.15) is 27.7 Å². The van der Waals surface area contributed by atoms with Crippen molar-refractivity contribution in [2.45, 2.75) is 12.5 Å². The van der Waals surface area contributed by atoms with Gasteiger partial charge in [-0.1, -0.05) is 0 Å². The van der Waals surface area contributed by atoms with Gasteiger partial charge in [0.15, 0.2) is 0 Å². The minimum Gasteiger partial charge on any atom is -0.383 e. The van der Waals surface area contributed by atoms with E-state index in [4.69, 9.17) is 5.26 Å². The van der Waals surface area contributed by atoms with E-state index in [-0.39, 0.29) is 12.5 Å². The summed E-state index contributed by atoms with van der Waals surface area (Å²) in [5.41, 5.74) is -0.255. The van der Waals surface area contributed by atoms with Gasteiger partial charge < -0.3 is 10.4 Å². The minimum atomic E-state index is -1.21. The second kappa shape index (κ2) is 5.45. The number of nitrogens with zero attached hydrogens (tertiary/aromatic N) is 3. The Bertz CT molecular complexity index is 666. The zero-order valence-electron chi connectivity index (χ0n) is 11.1. The number of aliphatic hydroxyl groups is 1. The second-order valence-electron chi connectivity index (χ2n) is 4.63. The second-order valence-corrected chi connectivity index (χ2v) is 5.55. The Hall–Kier alpha value is -2.17. The number of nitrogens with one attached hydrogen (secondary N) is 1. The third-order valence-electron chi connectivity index (χ3n) is 2.91. The maximum Gasteiger partial charge on any atom is 0.262 e. The van der Waals surface area contributed by atoms with Crippen LogP contribution in [-0.4, -0.2) is 27.3 Å². The Kier molecular flexibility index (Phi) is 3.88. The van der Waals surface area contributed by atoms with E-state index in [0.717, 1.165) is 0 Å². The fourth-order valence-electron chi connectivity index (χ4n) is 1.71. The maximum atomic E-state index is 12.0. The van der Waals surface area contributed by atoms with Crippen molar-refractivity contribution in [1.29, 1.82) is 5.26 Å². The molecule has 2 aromatic heterocycles. The number of amides is 1. The van der Waals surface area contributed by atoms with E-state index in [1.54, 1.807) is 42.5 Å².